The second kappa shape index (κ2) is 13.4. The number of aliphatic carboxylic acids is 1. The van der Waals surface area contributed by atoms with Crippen molar-refractivity contribution in [2.45, 2.75) is 44.6 Å². The molecule has 0 fully saturated rings. The van der Waals surface area contributed by atoms with Crippen molar-refractivity contribution < 1.29 is 37.1 Å². The van der Waals surface area contributed by atoms with Gasteiger partial charge in [0.15, 0.2) is 0 Å². The predicted molar refractivity (Wildman–Crippen MR) is 155 cm³/mol. The molecule has 4 rings (SSSR count). The molecular formula is C31H30F4N4O4. The zero-order chi connectivity index (χ0) is 31.1. The van der Waals surface area contributed by atoms with Crippen LogP contribution < -0.4 is 21.3 Å². The summed E-state index contributed by atoms with van der Waals surface area (Å²) in [5.41, 5.74) is 7.29. The Kier molecular flexibility index (Phi) is 9.69. The summed E-state index contributed by atoms with van der Waals surface area (Å²) in [4.78, 5) is 37.7. The number of nitrogens with two attached hydrogens (primary N) is 1. The predicted octanol–water partition coefficient (Wildman–Crippen LogP) is 6.64. The van der Waals surface area contributed by atoms with E-state index in [-0.39, 0.29) is 17.8 Å². The number of amides is 3. The van der Waals surface area contributed by atoms with Crippen LogP contribution in [-0.2, 0) is 17.5 Å². The number of urea groups is 1. The Morgan fingerprint density at radius 3 is 2.28 bits per heavy atom. The summed E-state index contributed by atoms with van der Waals surface area (Å²) in [7, 11) is 0. The largest absolute Gasteiger partial charge is 0.479 e. The van der Waals surface area contributed by atoms with Gasteiger partial charge in [-0.15, -0.1) is 0 Å². The minimum atomic E-state index is -4.71. The number of nitrogens with one attached hydrogen (secondary N) is 2. The smallest absolute Gasteiger partial charge is 0.418 e. The second-order valence-corrected chi connectivity index (χ2v) is 10.1. The van der Waals surface area contributed by atoms with E-state index >= 15 is 0 Å². The highest BCUT2D eigenvalue weighted by molar-refractivity contribution is 6.02. The Morgan fingerprint density at radius 1 is 0.977 bits per heavy atom. The molecule has 8 nitrogen and oxygen atoms in total. The van der Waals surface area contributed by atoms with Gasteiger partial charge in [0.2, 0.25) is 6.17 Å². The Hall–Kier alpha value is -4.87. The summed E-state index contributed by atoms with van der Waals surface area (Å²) >= 11 is 0. The number of rotatable bonds is 9. The third kappa shape index (κ3) is 8.12. The van der Waals surface area contributed by atoms with E-state index in [2.05, 4.69) is 16.7 Å². The van der Waals surface area contributed by atoms with Gasteiger partial charge in [0, 0.05) is 22.6 Å². The van der Waals surface area contributed by atoms with Crippen LogP contribution >= 0.6 is 0 Å². The van der Waals surface area contributed by atoms with Crippen LogP contribution in [0.5, 0.6) is 0 Å². The second-order valence-electron chi connectivity index (χ2n) is 10.1. The number of carboxylic acid groups (broad SMARTS) is 1. The quantitative estimate of drug-likeness (QED) is 0.162. The lowest BCUT2D eigenvalue weighted by atomic mass is 9.93. The van der Waals surface area contributed by atoms with E-state index in [0.717, 1.165) is 43.4 Å². The number of carbonyl (C=O) groups excluding carboxylic acids is 2. The van der Waals surface area contributed by atoms with Gasteiger partial charge in [0.05, 0.1) is 18.7 Å². The van der Waals surface area contributed by atoms with Crippen molar-refractivity contribution in [2.24, 2.45) is 0 Å². The molecule has 0 aliphatic heterocycles. The molecule has 0 aromatic heterocycles. The van der Waals surface area contributed by atoms with Crippen molar-refractivity contribution in [2.75, 3.05) is 22.5 Å². The molecule has 12 heteroatoms. The first kappa shape index (κ1) is 31.1. The van der Waals surface area contributed by atoms with Crippen molar-refractivity contribution in [1.82, 2.24) is 5.32 Å². The molecule has 0 bridgehead atoms. The van der Waals surface area contributed by atoms with E-state index in [1.165, 1.54) is 28.7 Å². The van der Waals surface area contributed by atoms with Gasteiger partial charge in [-0.25, -0.2) is 14.0 Å². The number of hydrogen-bond donors (Lipinski definition) is 4. The number of halogens is 4. The number of carbonyl (C=O) groups is 3. The van der Waals surface area contributed by atoms with Crippen LogP contribution in [-0.4, -0.2) is 35.7 Å². The summed E-state index contributed by atoms with van der Waals surface area (Å²) in [5.74, 6) is -2.37. The third-order valence-corrected chi connectivity index (χ3v) is 6.96. The number of alkyl halides is 4. The Bertz CT molecular complexity index is 1510. The summed E-state index contributed by atoms with van der Waals surface area (Å²) in [6.45, 7) is -0.708. The van der Waals surface area contributed by atoms with Crippen LogP contribution in [0.1, 0.15) is 52.7 Å². The van der Waals surface area contributed by atoms with Crippen LogP contribution in [0.3, 0.4) is 0 Å². The zero-order valence-electron chi connectivity index (χ0n) is 23.0. The standard InChI is InChI=1S/C31H30F4N4O4/c32-26(29(41)42)17-37-28(40)22-8-6-19(7-9-22)18-39(24-13-10-21(11-14-24)20-4-2-1-3-5-20)30(43)38-23-12-15-27(36)25(16-23)31(33,34)35/h4,6-16,26H,1-3,5,17-18,36H2,(H,37,40)(H,38,43)(H,41,42). The molecule has 3 amide bonds. The summed E-state index contributed by atoms with van der Waals surface area (Å²) in [6, 6.07) is 15.7. The average Bonchev–Trinajstić information content (AvgIpc) is 2.99. The van der Waals surface area contributed by atoms with Crippen LogP contribution in [0.15, 0.2) is 72.8 Å². The monoisotopic (exact) mass is 598 g/mol. The number of nitrogens with zero attached hydrogens (tertiary/aromatic N) is 1. The number of hydrogen-bond acceptors (Lipinski definition) is 4. The maximum Gasteiger partial charge on any atom is 0.418 e. The average molecular weight is 599 g/mol. The van der Waals surface area contributed by atoms with Gasteiger partial charge in [0.1, 0.15) is 0 Å². The summed E-state index contributed by atoms with van der Waals surface area (Å²) in [6.07, 6.45) is -0.596. The highest BCUT2D eigenvalue weighted by atomic mass is 19.4. The van der Waals surface area contributed by atoms with Crippen LogP contribution in [0.4, 0.5) is 39.4 Å². The van der Waals surface area contributed by atoms with E-state index < -0.39 is 48.1 Å². The molecular weight excluding hydrogens is 568 g/mol. The molecule has 0 heterocycles. The molecule has 3 aromatic rings. The van der Waals surface area contributed by atoms with Crippen molar-refractivity contribution in [3.05, 3.63) is 95.1 Å². The van der Waals surface area contributed by atoms with E-state index in [9.17, 15) is 31.9 Å². The maximum absolute atomic E-state index is 13.5. The molecule has 1 aliphatic carbocycles. The van der Waals surface area contributed by atoms with E-state index in [0.29, 0.717) is 11.3 Å². The van der Waals surface area contributed by atoms with Crippen molar-refractivity contribution in [3.63, 3.8) is 0 Å². The third-order valence-electron chi connectivity index (χ3n) is 6.96. The molecule has 1 aliphatic rings. The number of carboxylic acids is 1. The van der Waals surface area contributed by atoms with Crippen LogP contribution in [0.25, 0.3) is 5.57 Å². The molecule has 0 radical (unpaired) electrons. The van der Waals surface area contributed by atoms with Gasteiger partial charge in [-0.05, 0) is 84.8 Å². The summed E-state index contributed by atoms with van der Waals surface area (Å²) in [5, 5.41) is 13.4. The zero-order valence-corrected chi connectivity index (χ0v) is 23.0. The fourth-order valence-corrected chi connectivity index (χ4v) is 4.62. The lowest BCUT2D eigenvalue weighted by Gasteiger charge is -2.24. The van der Waals surface area contributed by atoms with E-state index in [4.69, 9.17) is 10.8 Å². The van der Waals surface area contributed by atoms with Gasteiger partial charge in [-0.1, -0.05) is 30.3 Å². The highest BCUT2D eigenvalue weighted by Crippen LogP contribution is 2.35. The first-order valence-electron chi connectivity index (χ1n) is 13.5. The van der Waals surface area contributed by atoms with Crippen molar-refractivity contribution in [3.8, 4) is 0 Å². The van der Waals surface area contributed by atoms with Gasteiger partial charge in [-0.3, -0.25) is 9.69 Å². The number of benzene rings is 3. The molecule has 0 saturated carbocycles. The molecule has 226 valence electrons. The normalized spacial score (nSPS) is 13.9. The molecule has 5 N–H and O–H groups in total. The number of anilines is 3. The highest BCUT2D eigenvalue weighted by Gasteiger charge is 2.33. The first-order valence-corrected chi connectivity index (χ1v) is 13.5. The fraction of sp³-hybridized carbons (Fsp3) is 0.258. The van der Waals surface area contributed by atoms with Gasteiger partial charge < -0.3 is 21.5 Å². The molecule has 0 spiro atoms. The van der Waals surface area contributed by atoms with Gasteiger partial charge in [-0.2, -0.15) is 13.2 Å². The van der Waals surface area contributed by atoms with Gasteiger partial charge >= 0.3 is 18.2 Å². The Balaban J connectivity index is 1.57. The number of allylic oxidation sites excluding steroid dienone is 2. The lowest BCUT2D eigenvalue weighted by Crippen LogP contribution is -2.35. The fourth-order valence-electron chi connectivity index (χ4n) is 4.62. The van der Waals surface area contributed by atoms with Gasteiger partial charge in [0.25, 0.3) is 5.91 Å². The Labute approximate surface area is 245 Å². The number of nitrogen functional groups attached to an aromatic ring is 1. The van der Waals surface area contributed by atoms with Crippen molar-refractivity contribution in [1.29, 1.82) is 0 Å². The van der Waals surface area contributed by atoms with E-state index in [1.54, 1.807) is 24.3 Å². The lowest BCUT2D eigenvalue weighted by molar-refractivity contribution is -0.142. The SMILES string of the molecule is Nc1ccc(NC(=O)N(Cc2ccc(C(=O)NCC(F)C(=O)O)cc2)c2ccc(C3=CCCCC3)cc2)cc1C(F)(F)F. The van der Waals surface area contributed by atoms with Crippen molar-refractivity contribution >= 4 is 40.5 Å². The van der Waals surface area contributed by atoms with Crippen LogP contribution in [0.2, 0.25) is 0 Å². The molecule has 1 unspecified atom stereocenters. The molecule has 43 heavy (non-hydrogen) atoms. The summed E-state index contributed by atoms with van der Waals surface area (Å²) < 4.78 is 53.5. The minimum Gasteiger partial charge on any atom is -0.479 e. The minimum absolute atomic E-state index is 0.0115. The first-order chi connectivity index (χ1) is 20.4. The molecule has 0 saturated heterocycles. The van der Waals surface area contributed by atoms with E-state index in [1.807, 2.05) is 12.1 Å². The molecule has 3 aromatic carbocycles. The maximum atomic E-state index is 13.5. The van der Waals surface area contributed by atoms with Crippen LogP contribution in [0, 0.1) is 0 Å². The Morgan fingerprint density at radius 2 is 1.67 bits per heavy atom. The topological polar surface area (TPSA) is 125 Å². The molecule has 1 atom stereocenters.